The predicted molar refractivity (Wildman–Crippen MR) is 76.1 cm³/mol. The second-order valence-corrected chi connectivity index (χ2v) is 5.75. The van der Waals surface area contributed by atoms with Crippen molar-refractivity contribution in [1.29, 1.82) is 0 Å². The van der Waals surface area contributed by atoms with E-state index in [1.54, 1.807) is 18.0 Å². The fourth-order valence-corrected chi connectivity index (χ4v) is 2.56. The average Bonchev–Trinajstić information content (AvgIpc) is 2.80. The molecule has 96 valence electrons. The monoisotopic (exact) mass is 281 g/mol. The van der Waals surface area contributed by atoms with Crippen LogP contribution in [0.5, 0.6) is 0 Å². The zero-order valence-corrected chi connectivity index (χ0v) is 12.0. The normalized spacial score (nSPS) is 11.1. The SMILES string of the molecule is CC(C)NCc1ccc(Sc2ncc[nH]2)cc1Cl. The first-order valence-corrected chi connectivity index (χ1v) is 7.03. The lowest BCUT2D eigenvalue weighted by Crippen LogP contribution is -2.21. The molecule has 1 heterocycles. The van der Waals surface area contributed by atoms with Crippen LogP contribution in [0.25, 0.3) is 0 Å². The minimum absolute atomic E-state index is 0.457. The molecule has 0 saturated carbocycles. The quantitative estimate of drug-likeness (QED) is 0.878. The van der Waals surface area contributed by atoms with Crippen LogP contribution in [-0.2, 0) is 6.54 Å². The lowest BCUT2D eigenvalue weighted by Gasteiger charge is -2.10. The fraction of sp³-hybridized carbons (Fsp3) is 0.308. The molecule has 0 aliphatic carbocycles. The summed E-state index contributed by atoms with van der Waals surface area (Å²) in [6, 6.07) is 6.56. The van der Waals surface area contributed by atoms with E-state index in [4.69, 9.17) is 11.6 Å². The molecular formula is C13H16ClN3S. The summed E-state index contributed by atoms with van der Waals surface area (Å²) in [5.41, 5.74) is 1.12. The number of benzene rings is 1. The van der Waals surface area contributed by atoms with E-state index < -0.39 is 0 Å². The van der Waals surface area contributed by atoms with Crippen molar-refractivity contribution in [3.05, 3.63) is 41.2 Å². The third-order valence-corrected chi connectivity index (χ3v) is 3.67. The van der Waals surface area contributed by atoms with Gasteiger partial charge in [0.05, 0.1) is 0 Å². The average molecular weight is 282 g/mol. The molecular weight excluding hydrogens is 266 g/mol. The summed E-state index contributed by atoms with van der Waals surface area (Å²) in [5.74, 6) is 0. The molecule has 1 aromatic carbocycles. The standard InChI is InChI=1S/C13H16ClN3S/c1-9(2)17-8-10-3-4-11(7-12(10)14)18-13-15-5-6-16-13/h3-7,9,17H,8H2,1-2H3,(H,15,16). The van der Waals surface area contributed by atoms with Gasteiger partial charge in [0.2, 0.25) is 0 Å². The van der Waals surface area contributed by atoms with Crippen molar-refractivity contribution in [2.24, 2.45) is 0 Å². The third kappa shape index (κ3) is 3.77. The molecule has 0 amide bonds. The maximum atomic E-state index is 6.27. The van der Waals surface area contributed by atoms with Crippen LogP contribution in [0.2, 0.25) is 5.02 Å². The molecule has 0 saturated heterocycles. The Morgan fingerprint density at radius 1 is 1.44 bits per heavy atom. The van der Waals surface area contributed by atoms with Gasteiger partial charge in [-0.05, 0) is 17.7 Å². The van der Waals surface area contributed by atoms with Gasteiger partial charge >= 0.3 is 0 Å². The summed E-state index contributed by atoms with van der Waals surface area (Å²) in [5, 5.41) is 5.02. The van der Waals surface area contributed by atoms with Crippen LogP contribution in [0.1, 0.15) is 19.4 Å². The number of hydrogen-bond donors (Lipinski definition) is 2. The van der Waals surface area contributed by atoms with Gasteiger partial charge in [0, 0.05) is 34.9 Å². The van der Waals surface area contributed by atoms with Gasteiger partial charge in [0.1, 0.15) is 0 Å². The number of H-pyrrole nitrogens is 1. The van der Waals surface area contributed by atoms with Crippen molar-refractivity contribution in [1.82, 2.24) is 15.3 Å². The second kappa shape index (κ2) is 6.27. The molecule has 0 aliphatic heterocycles. The first-order valence-electron chi connectivity index (χ1n) is 5.84. The van der Waals surface area contributed by atoms with E-state index in [2.05, 4.69) is 41.3 Å². The van der Waals surface area contributed by atoms with Crippen LogP contribution in [0.3, 0.4) is 0 Å². The van der Waals surface area contributed by atoms with Crippen LogP contribution < -0.4 is 5.32 Å². The molecule has 18 heavy (non-hydrogen) atoms. The zero-order valence-electron chi connectivity index (χ0n) is 10.4. The predicted octanol–water partition coefficient (Wildman–Crippen LogP) is 3.71. The Bertz CT molecular complexity index is 497. The van der Waals surface area contributed by atoms with Crippen molar-refractivity contribution in [3.8, 4) is 0 Å². The third-order valence-electron chi connectivity index (χ3n) is 2.41. The Kier molecular flexibility index (Phi) is 4.69. The Morgan fingerprint density at radius 2 is 2.28 bits per heavy atom. The van der Waals surface area contributed by atoms with Crippen LogP contribution in [0, 0.1) is 0 Å². The number of imidazole rings is 1. The van der Waals surface area contributed by atoms with E-state index in [-0.39, 0.29) is 0 Å². The molecule has 0 unspecified atom stereocenters. The van der Waals surface area contributed by atoms with E-state index in [1.807, 2.05) is 12.3 Å². The summed E-state index contributed by atoms with van der Waals surface area (Å²) in [4.78, 5) is 8.32. The summed E-state index contributed by atoms with van der Waals surface area (Å²) < 4.78 is 0. The number of halogens is 1. The van der Waals surface area contributed by atoms with Gasteiger partial charge in [-0.25, -0.2) is 4.98 Å². The van der Waals surface area contributed by atoms with Crippen molar-refractivity contribution in [3.63, 3.8) is 0 Å². The lowest BCUT2D eigenvalue weighted by atomic mass is 10.2. The first-order chi connectivity index (χ1) is 8.65. The molecule has 3 nitrogen and oxygen atoms in total. The molecule has 2 aromatic rings. The molecule has 0 aliphatic rings. The van der Waals surface area contributed by atoms with Gasteiger partial charge in [0.15, 0.2) is 5.16 Å². The highest BCUT2D eigenvalue weighted by Gasteiger charge is 2.05. The van der Waals surface area contributed by atoms with Crippen LogP contribution in [0.4, 0.5) is 0 Å². The Balaban J connectivity index is 2.05. The summed E-state index contributed by atoms with van der Waals surface area (Å²) in [7, 11) is 0. The topological polar surface area (TPSA) is 40.7 Å². The largest absolute Gasteiger partial charge is 0.339 e. The molecule has 1 aromatic heterocycles. The Morgan fingerprint density at radius 3 is 2.89 bits per heavy atom. The van der Waals surface area contributed by atoms with E-state index in [9.17, 15) is 0 Å². The van der Waals surface area contributed by atoms with Crippen molar-refractivity contribution < 1.29 is 0 Å². The minimum atomic E-state index is 0.457. The molecule has 2 N–H and O–H groups in total. The molecule has 0 atom stereocenters. The highest BCUT2D eigenvalue weighted by molar-refractivity contribution is 7.99. The first kappa shape index (κ1) is 13.5. The highest BCUT2D eigenvalue weighted by Crippen LogP contribution is 2.28. The fourth-order valence-electron chi connectivity index (χ4n) is 1.47. The molecule has 0 bridgehead atoms. The highest BCUT2D eigenvalue weighted by atomic mass is 35.5. The van der Waals surface area contributed by atoms with Crippen LogP contribution in [-0.4, -0.2) is 16.0 Å². The van der Waals surface area contributed by atoms with Crippen LogP contribution >= 0.6 is 23.4 Å². The van der Waals surface area contributed by atoms with Gasteiger partial charge in [-0.15, -0.1) is 0 Å². The number of aromatic amines is 1. The number of nitrogens with zero attached hydrogens (tertiary/aromatic N) is 1. The Hall–Kier alpha value is -0.970. The number of hydrogen-bond acceptors (Lipinski definition) is 3. The number of aromatic nitrogens is 2. The van der Waals surface area contributed by atoms with Crippen molar-refractivity contribution in [2.75, 3.05) is 0 Å². The van der Waals surface area contributed by atoms with Crippen LogP contribution in [0.15, 0.2) is 40.6 Å². The molecule has 0 spiro atoms. The van der Waals surface area contributed by atoms with Gasteiger partial charge in [-0.3, -0.25) is 0 Å². The van der Waals surface area contributed by atoms with Gasteiger partial charge in [-0.1, -0.05) is 43.3 Å². The van der Waals surface area contributed by atoms with E-state index >= 15 is 0 Å². The molecule has 2 rings (SSSR count). The molecule has 0 radical (unpaired) electrons. The second-order valence-electron chi connectivity index (χ2n) is 4.29. The minimum Gasteiger partial charge on any atom is -0.339 e. The summed E-state index contributed by atoms with van der Waals surface area (Å²) >= 11 is 7.84. The maximum Gasteiger partial charge on any atom is 0.170 e. The van der Waals surface area contributed by atoms with Crippen molar-refractivity contribution >= 4 is 23.4 Å². The van der Waals surface area contributed by atoms with Gasteiger partial charge < -0.3 is 10.3 Å². The molecule has 5 heteroatoms. The van der Waals surface area contributed by atoms with Gasteiger partial charge in [-0.2, -0.15) is 0 Å². The lowest BCUT2D eigenvalue weighted by molar-refractivity contribution is 0.589. The Labute approximate surface area is 116 Å². The summed E-state index contributed by atoms with van der Waals surface area (Å²) in [6.07, 6.45) is 3.55. The summed E-state index contributed by atoms with van der Waals surface area (Å²) in [6.45, 7) is 5.03. The zero-order chi connectivity index (χ0) is 13.0. The van der Waals surface area contributed by atoms with E-state index in [1.165, 1.54) is 0 Å². The van der Waals surface area contributed by atoms with Crippen molar-refractivity contribution in [2.45, 2.75) is 36.5 Å². The number of rotatable bonds is 5. The smallest absolute Gasteiger partial charge is 0.170 e. The van der Waals surface area contributed by atoms with E-state index in [0.717, 1.165) is 27.2 Å². The van der Waals surface area contributed by atoms with Gasteiger partial charge in [0.25, 0.3) is 0 Å². The van der Waals surface area contributed by atoms with E-state index in [0.29, 0.717) is 6.04 Å². The number of nitrogens with one attached hydrogen (secondary N) is 2. The molecule has 0 fully saturated rings. The maximum absolute atomic E-state index is 6.27.